The van der Waals surface area contributed by atoms with Crippen LogP contribution in [0.25, 0.3) is 0 Å². The molecule has 0 bridgehead atoms. The van der Waals surface area contributed by atoms with Crippen LogP contribution in [0.3, 0.4) is 0 Å². The summed E-state index contributed by atoms with van der Waals surface area (Å²) < 4.78 is 31.7. The zero-order chi connectivity index (χ0) is 21.4. The SMILES string of the molecule is O=C(O)C(F)(F)F.O=C1CC[C@@H](NCc2ccncc2Cl)[C@H](c2ccccc2)N1. The Bertz CT molecular complexity index is 834. The summed E-state index contributed by atoms with van der Waals surface area (Å²) in [6.07, 6.45) is -0.338. The number of aliphatic carboxylic acids is 1. The fourth-order valence-electron chi connectivity index (χ4n) is 2.78. The van der Waals surface area contributed by atoms with Crippen LogP contribution in [0.4, 0.5) is 13.2 Å². The maximum atomic E-state index is 11.8. The molecule has 1 aliphatic heterocycles. The number of piperidine rings is 1. The molecular weight excluding hydrogens is 411 g/mol. The van der Waals surface area contributed by atoms with E-state index in [2.05, 4.69) is 15.6 Å². The summed E-state index contributed by atoms with van der Waals surface area (Å²) in [6, 6.07) is 12.1. The largest absolute Gasteiger partial charge is 0.490 e. The van der Waals surface area contributed by atoms with E-state index in [0.29, 0.717) is 18.0 Å². The maximum absolute atomic E-state index is 11.8. The topological polar surface area (TPSA) is 91.3 Å². The van der Waals surface area contributed by atoms with Crippen LogP contribution >= 0.6 is 11.6 Å². The molecule has 1 saturated heterocycles. The van der Waals surface area contributed by atoms with E-state index in [4.69, 9.17) is 21.5 Å². The highest BCUT2D eigenvalue weighted by molar-refractivity contribution is 6.31. The molecular formula is C19H19ClF3N3O3. The van der Waals surface area contributed by atoms with Gasteiger partial charge in [0.15, 0.2) is 0 Å². The van der Waals surface area contributed by atoms with Gasteiger partial charge >= 0.3 is 12.1 Å². The number of hydrogen-bond donors (Lipinski definition) is 3. The molecule has 0 unspecified atom stereocenters. The minimum Gasteiger partial charge on any atom is -0.475 e. The van der Waals surface area contributed by atoms with E-state index in [1.165, 1.54) is 0 Å². The molecule has 2 atom stereocenters. The van der Waals surface area contributed by atoms with Gasteiger partial charge in [-0.05, 0) is 23.6 Å². The summed E-state index contributed by atoms with van der Waals surface area (Å²) in [5, 5.41) is 14.4. The standard InChI is InChI=1S/C17H18ClN3O.C2HF3O2/c18-14-11-19-9-8-13(14)10-20-15-6-7-16(22)21-17(15)12-4-2-1-3-5-12;3-2(4,5)1(6)7/h1-5,8-9,11,15,17,20H,6-7,10H2,(H,21,22);(H,6,7)/t15-,17+;/m1./s1. The zero-order valence-electron chi connectivity index (χ0n) is 15.1. The first-order valence-electron chi connectivity index (χ1n) is 8.64. The number of nitrogens with one attached hydrogen (secondary N) is 2. The first-order chi connectivity index (χ1) is 13.7. The number of alkyl halides is 3. The molecule has 2 heterocycles. The second-order valence-electron chi connectivity index (χ2n) is 6.25. The van der Waals surface area contributed by atoms with Crippen molar-refractivity contribution in [3.05, 3.63) is 64.9 Å². The molecule has 29 heavy (non-hydrogen) atoms. The Kier molecular flexibility index (Phi) is 7.98. The quantitative estimate of drug-likeness (QED) is 0.692. The van der Waals surface area contributed by atoms with Crippen molar-refractivity contribution >= 4 is 23.5 Å². The Labute approximate surface area is 170 Å². The number of carbonyl (C=O) groups is 2. The van der Waals surface area contributed by atoms with Gasteiger partial charge in [0.05, 0.1) is 11.1 Å². The summed E-state index contributed by atoms with van der Waals surface area (Å²) in [5.41, 5.74) is 2.13. The first kappa shape index (κ1) is 22.6. The van der Waals surface area contributed by atoms with Crippen LogP contribution in [0, 0.1) is 0 Å². The molecule has 6 nitrogen and oxygen atoms in total. The summed E-state index contributed by atoms with van der Waals surface area (Å²) in [6.45, 7) is 0.658. The van der Waals surface area contributed by atoms with Crippen LogP contribution < -0.4 is 10.6 Å². The molecule has 2 aromatic rings. The number of pyridine rings is 1. The Morgan fingerprint density at radius 3 is 2.52 bits per heavy atom. The van der Waals surface area contributed by atoms with Gasteiger partial charge in [-0.1, -0.05) is 41.9 Å². The van der Waals surface area contributed by atoms with Crippen LogP contribution in [-0.4, -0.2) is 34.2 Å². The Balaban J connectivity index is 0.000000370. The van der Waals surface area contributed by atoms with Crippen molar-refractivity contribution < 1.29 is 27.9 Å². The Morgan fingerprint density at radius 2 is 1.93 bits per heavy atom. The fourth-order valence-corrected chi connectivity index (χ4v) is 2.97. The molecule has 10 heteroatoms. The number of carbonyl (C=O) groups excluding carboxylic acids is 1. The number of benzene rings is 1. The molecule has 156 valence electrons. The molecule has 1 aromatic heterocycles. The van der Waals surface area contributed by atoms with Crippen molar-refractivity contribution in [3.8, 4) is 0 Å². The second-order valence-corrected chi connectivity index (χ2v) is 6.66. The lowest BCUT2D eigenvalue weighted by Crippen LogP contribution is -2.48. The maximum Gasteiger partial charge on any atom is 0.490 e. The van der Waals surface area contributed by atoms with E-state index >= 15 is 0 Å². The molecule has 0 aliphatic carbocycles. The molecule has 1 aliphatic rings. The molecule has 0 spiro atoms. The molecule has 3 rings (SSSR count). The van der Waals surface area contributed by atoms with E-state index in [9.17, 15) is 18.0 Å². The highest BCUT2D eigenvalue weighted by Crippen LogP contribution is 2.25. The summed E-state index contributed by atoms with van der Waals surface area (Å²) in [7, 11) is 0. The average Bonchev–Trinajstić information content (AvgIpc) is 2.68. The van der Waals surface area contributed by atoms with Crippen molar-refractivity contribution in [2.24, 2.45) is 0 Å². The van der Waals surface area contributed by atoms with Gasteiger partial charge in [-0.25, -0.2) is 4.79 Å². The third-order valence-corrected chi connectivity index (χ3v) is 4.55. The van der Waals surface area contributed by atoms with Gasteiger partial charge in [0.2, 0.25) is 5.91 Å². The minimum atomic E-state index is -5.08. The number of amides is 1. The Hall–Kier alpha value is -2.65. The number of carboxylic acid groups (broad SMARTS) is 1. The summed E-state index contributed by atoms with van der Waals surface area (Å²) in [5.74, 6) is -2.65. The van der Waals surface area contributed by atoms with Gasteiger partial charge in [0.25, 0.3) is 0 Å². The highest BCUT2D eigenvalue weighted by atomic mass is 35.5. The van der Waals surface area contributed by atoms with Crippen LogP contribution in [0.2, 0.25) is 5.02 Å². The number of nitrogens with zero attached hydrogens (tertiary/aromatic N) is 1. The molecule has 1 fully saturated rings. The van der Waals surface area contributed by atoms with E-state index < -0.39 is 12.1 Å². The third kappa shape index (κ3) is 7.03. The molecule has 0 saturated carbocycles. The van der Waals surface area contributed by atoms with Crippen molar-refractivity contribution in [1.82, 2.24) is 15.6 Å². The lowest BCUT2D eigenvalue weighted by Gasteiger charge is -2.33. The van der Waals surface area contributed by atoms with Gasteiger partial charge < -0.3 is 15.7 Å². The second kappa shape index (κ2) is 10.2. The summed E-state index contributed by atoms with van der Waals surface area (Å²) in [4.78, 5) is 24.6. The lowest BCUT2D eigenvalue weighted by atomic mass is 9.92. The van der Waals surface area contributed by atoms with Crippen molar-refractivity contribution in [3.63, 3.8) is 0 Å². The Morgan fingerprint density at radius 1 is 1.28 bits per heavy atom. The number of hydrogen-bond acceptors (Lipinski definition) is 4. The van der Waals surface area contributed by atoms with Crippen molar-refractivity contribution in [2.45, 2.75) is 37.6 Å². The van der Waals surface area contributed by atoms with Gasteiger partial charge in [0.1, 0.15) is 0 Å². The average molecular weight is 430 g/mol. The monoisotopic (exact) mass is 429 g/mol. The fraction of sp³-hybridized carbons (Fsp3) is 0.316. The molecule has 1 aromatic carbocycles. The first-order valence-corrected chi connectivity index (χ1v) is 9.02. The van der Waals surface area contributed by atoms with Crippen LogP contribution in [0.1, 0.15) is 30.0 Å². The summed E-state index contributed by atoms with van der Waals surface area (Å²) >= 11 is 6.15. The van der Waals surface area contributed by atoms with Crippen LogP contribution in [0.5, 0.6) is 0 Å². The number of rotatable bonds is 4. The van der Waals surface area contributed by atoms with E-state index in [1.807, 2.05) is 36.4 Å². The van der Waals surface area contributed by atoms with Crippen molar-refractivity contribution in [1.29, 1.82) is 0 Å². The predicted molar refractivity (Wildman–Crippen MR) is 100 cm³/mol. The number of aromatic nitrogens is 1. The van der Waals surface area contributed by atoms with Gasteiger partial charge in [0, 0.05) is 31.4 Å². The van der Waals surface area contributed by atoms with E-state index in [1.54, 1.807) is 12.4 Å². The number of carboxylic acids is 1. The number of halogens is 4. The van der Waals surface area contributed by atoms with Gasteiger partial charge in [-0.2, -0.15) is 13.2 Å². The van der Waals surface area contributed by atoms with Gasteiger partial charge in [-0.3, -0.25) is 9.78 Å². The smallest absolute Gasteiger partial charge is 0.475 e. The van der Waals surface area contributed by atoms with Crippen LogP contribution in [-0.2, 0) is 16.1 Å². The predicted octanol–water partition coefficient (Wildman–Crippen LogP) is 3.48. The lowest BCUT2D eigenvalue weighted by molar-refractivity contribution is -0.192. The molecule has 3 N–H and O–H groups in total. The third-order valence-electron chi connectivity index (χ3n) is 4.21. The van der Waals surface area contributed by atoms with E-state index in [-0.39, 0.29) is 18.0 Å². The van der Waals surface area contributed by atoms with Crippen LogP contribution in [0.15, 0.2) is 48.8 Å². The van der Waals surface area contributed by atoms with E-state index in [0.717, 1.165) is 17.5 Å². The zero-order valence-corrected chi connectivity index (χ0v) is 15.9. The highest BCUT2D eigenvalue weighted by Gasteiger charge is 2.38. The van der Waals surface area contributed by atoms with Crippen molar-refractivity contribution in [2.75, 3.05) is 0 Å². The minimum absolute atomic E-state index is 0.0111. The van der Waals surface area contributed by atoms with Gasteiger partial charge in [-0.15, -0.1) is 0 Å². The molecule has 0 radical (unpaired) electrons. The normalized spacial score (nSPS) is 19.0. The molecule has 1 amide bonds.